The van der Waals surface area contributed by atoms with Crippen molar-refractivity contribution in [3.63, 3.8) is 0 Å². The van der Waals surface area contributed by atoms with Crippen LogP contribution in [0.5, 0.6) is 0 Å². The number of rotatable bonds is 28. The fourth-order valence-corrected chi connectivity index (χ4v) is 9.51. The number of aliphatic carboxylic acids is 2. The summed E-state index contributed by atoms with van der Waals surface area (Å²) in [7, 11) is 4.13. The molecule has 6 rings (SSSR count). The van der Waals surface area contributed by atoms with Gasteiger partial charge in [-0.1, -0.05) is 109 Å². The first-order valence-corrected chi connectivity index (χ1v) is 30.8. The van der Waals surface area contributed by atoms with Crippen molar-refractivity contribution in [1.82, 2.24) is 5.32 Å². The van der Waals surface area contributed by atoms with Crippen molar-refractivity contribution in [1.29, 1.82) is 0 Å². The van der Waals surface area contributed by atoms with Crippen LogP contribution < -0.4 is 67.5 Å². The molecule has 0 fully saturated rings. The largest absolute Gasteiger partial charge is 1.00 e. The van der Waals surface area contributed by atoms with Crippen molar-refractivity contribution >= 4 is 59.7 Å². The summed E-state index contributed by atoms with van der Waals surface area (Å²) < 4.78 is 179. The fourth-order valence-electron chi connectivity index (χ4n) is 8.32. The van der Waals surface area contributed by atoms with Gasteiger partial charge >= 0.3 is 81.9 Å². The first-order chi connectivity index (χ1) is 44.9. The summed E-state index contributed by atoms with van der Waals surface area (Å²) in [5.74, 6) is -7.83. The van der Waals surface area contributed by atoms with Crippen LogP contribution in [0.3, 0.4) is 0 Å². The topological polar surface area (TPSA) is 250 Å². The van der Waals surface area contributed by atoms with Gasteiger partial charge in [-0.05, 0) is 124 Å². The van der Waals surface area contributed by atoms with Crippen LogP contribution in [0.4, 0.5) is 52.7 Å². The van der Waals surface area contributed by atoms with Crippen molar-refractivity contribution < 1.29 is 171 Å². The average Bonchev–Trinajstić information content (AvgIpc) is 0.780. The molecule has 0 bridgehead atoms. The normalized spacial score (nSPS) is 13.5. The van der Waals surface area contributed by atoms with Crippen LogP contribution in [0.25, 0.3) is 33.4 Å². The van der Waals surface area contributed by atoms with E-state index in [9.17, 15) is 87.5 Å². The molecule has 0 saturated carbocycles. The van der Waals surface area contributed by atoms with Crippen LogP contribution in [0.15, 0.2) is 165 Å². The third kappa shape index (κ3) is 31.8. The van der Waals surface area contributed by atoms with E-state index in [0.717, 1.165) is 107 Å². The minimum Gasteiger partial charge on any atom is -0.548 e. The van der Waals surface area contributed by atoms with Crippen molar-refractivity contribution in [2.45, 2.75) is 148 Å². The number of alkyl halides is 12. The van der Waals surface area contributed by atoms with Crippen LogP contribution >= 0.6 is 36.1 Å². The van der Waals surface area contributed by atoms with Crippen LogP contribution in [-0.2, 0) is 52.6 Å². The molecule has 0 aliphatic carbocycles. The Morgan fingerprint density at radius 3 is 1.16 bits per heavy atom. The Labute approximate surface area is 613 Å². The number of nitrogens with one attached hydrogen (secondary N) is 1. The number of hydrogen-bond donors (Lipinski definition) is 5. The molecule has 534 valence electrons. The predicted molar refractivity (Wildman–Crippen MR) is 338 cm³/mol. The van der Waals surface area contributed by atoms with E-state index in [1.54, 1.807) is 79.7 Å². The van der Waals surface area contributed by atoms with Crippen molar-refractivity contribution in [2.24, 2.45) is 10.7 Å². The van der Waals surface area contributed by atoms with E-state index < -0.39 is 108 Å². The van der Waals surface area contributed by atoms with Crippen LogP contribution in [0.1, 0.15) is 90.5 Å². The molecule has 0 aliphatic heterocycles. The fraction of sp³-hybridized carbons (Fsp3) is 0.385. The summed E-state index contributed by atoms with van der Waals surface area (Å²) in [6.07, 6.45) is -16.2. The van der Waals surface area contributed by atoms with E-state index in [2.05, 4.69) is 29.7 Å². The smallest absolute Gasteiger partial charge is 0.548 e. The average molecular weight is 1480 g/mol. The number of hydrogen-bond acceptors (Lipinski definition) is 19. The van der Waals surface area contributed by atoms with E-state index >= 15 is 0 Å². The molecule has 0 saturated heterocycles. The van der Waals surface area contributed by atoms with Gasteiger partial charge in [-0.3, -0.25) is 19.9 Å². The number of ether oxygens (including phenoxy) is 1. The summed E-state index contributed by atoms with van der Waals surface area (Å²) in [6, 6.07) is 30.0. The number of nitrogens with two attached hydrogens (primary N) is 1. The van der Waals surface area contributed by atoms with E-state index in [0.29, 0.717) is 16.7 Å². The second kappa shape index (κ2) is 40.5. The Balaban J connectivity index is 0.000000463. The van der Waals surface area contributed by atoms with Crippen LogP contribution in [0, 0.1) is 0 Å². The third-order valence-electron chi connectivity index (χ3n) is 12.7. The maximum atomic E-state index is 13.9. The second-order valence-corrected chi connectivity index (χ2v) is 24.8. The van der Waals surface area contributed by atoms with Gasteiger partial charge in [0.05, 0.1) is 76.1 Å². The van der Waals surface area contributed by atoms with Gasteiger partial charge < -0.3 is 35.7 Å². The Bertz CT molecular complexity index is 3400. The molecule has 33 heteroatoms. The van der Waals surface area contributed by atoms with Gasteiger partial charge in [0, 0.05) is 45.1 Å². The summed E-state index contributed by atoms with van der Waals surface area (Å²) in [4.78, 5) is 52.6. The number of aliphatic hydroxyl groups is 2. The van der Waals surface area contributed by atoms with E-state index in [-0.39, 0.29) is 75.5 Å². The van der Waals surface area contributed by atoms with Gasteiger partial charge in [0.15, 0.2) is 0 Å². The number of halogens is 12. The second-order valence-electron chi connectivity index (χ2n) is 22.4. The Kier molecular flexibility index (Phi) is 36.7. The molecule has 0 heterocycles. The minimum absolute atomic E-state index is 0. The van der Waals surface area contributed by atoms with Crippen molar-refractivity contribution in [3.8, 4) is 33.4 Å². The number of carboxylic acid groups (broad SMARTS) is 2. The molecule has 4 atom stereocenters. The molecule has 98 heavy (non-hydrogen) atoms. The van der Waals surface area contributed by atoms with E-state index in [1.807, 2.05) is 0 Å². The van der Waals surface area contributed by atoms with Crippen LogP contribution in [0.2, 0.25) is 0 Å². The molecule has 0 amide bonds. The molecule has 6 aromatic rings. The predicted octanol–water partition coefficient (Wildman–Crippen LogP) is 11.9. The number of benzene rings is 6. The minimum atomic E-state index is -5.17. The molecular weight excluding hydrogens is 1410 g/mol. The van der Waals surface area contributed by atoms with Crippen LogP contribution in [-0.4, -0.2) is 121 Å². The zero-order valence-corrected chi connectivity index (χ0v) is 60.2. The Morgan fingerprint density at radius 1 is 0.541 bits per heavy atom. The number of aliphatic imine (C=N–C) groups is 1. The number of carboxylic acids is 2. The first kappa shape index (κ1) is 88.9. The molecule has 0 radical (unpaired) electrons. The molecule has 0 unspecified atom stereocenters. The summed E-state index contributed by atoms with van der Waals surface area (Å²) >= 11 is 3.04. The van der Waals surface area contributed by atoms with Gasteiger partial charge in [0.1, 0.15) is 40.8 Å². The monoisotopic (exact) mass is 1480 g/mol. The van der Waals surface area contributed by atoms with Gasteiger partial charge in [-0.25, -0.2) is 27.8 Å². The molecule has 17 nitrogen and oxygen atoms in total. The van der Waals surface area contributed by atoms with Gasteiger partial charge in [-0.2, -0.15) is 52.5 Å². The SMILES string of the molecule is CCOC(=O)[C@@H](N)CC(C)(C)F.COOSc1ccc(-c2ccc(C(=N[C@@H](CC(C)(C)F)C(=O)[O-])C(F)(F)F)cc2)cc1.COOSc1ccc(-c2ccc(C(O)(O)C(F)(F)F)cc2)cc1.COOSc1ccc(-c2ccc([C@H](N[C@@H](CC(C)(C)F)C(=O)O)C(F)(F)F)cc2)cc1.[K+]. The third-order valence-corrected chi connectivity index (χ3v) is 14.7. The molecular formula is C65H72F12KN3O14S3. The summed E-state index contributed by atoms with van der Waals surface area (Å²) in [5.41, 5.74) is 1.63. The number of esters is 1. The van der Waals surface area contributed by atoms with Gasteiger partial charge in [-0.15, -0.1) is 0 Å². The Hall–Kier alpha value is -5.15. The maximum absolute atomic E-state index is 13.9. The molecule has 6 aromatic carbocycles. The van der Waals surface area contributed by atoms with E-state index in [4.69, 9.17) is 18.7 Å². The standard InChI is InChI=1S/C21H23F4NO4S.C21H21F4NO4S.C15H13F3O4S.C8H16FNO2.K/c2*1-20(2,22)12-17(19(27)28)26-18(21(23,24)25)15-6-4-13(5-7-15)14-8-10-16(11-9-14)31-30-29-3;1-21-22-23-13-8-4-11(5-9-13)10-2-6-12(7-3-10)14(19,20)15(16,17)18;1-4-12-7(11)6(10)5-8(2,3)9;/h4-11,17-18,26H,12H2,1-3H3,(H,27,28);4-11,17H,12H2,1-3H3,(H,27,28);2-9,19-20H,1H3;6H,4-5,10H2,1-3H3;/q;;;;+1/p-1/t17-,18-;17-;;6-;/m00.0./s1. The first-order valence-electron chi connectivity index (χ1n) is 28.6. The zero-order valence-electron chi connectivity index (χ0n) is 54.6. The molecule has 0 aliphatic rings. The van der Waals surface area contributed by atoms with Crippen molar-refractivity contribution in [2.75, 3.05) is 27.9 Å². The quantitative estimate of drug-likeness (QED) is 0.00447. The Morgan fingerprint density at radius 2 is 0.878 bits per heavy atom. The van der Waals surface area contributed by atoms with E-state index in [1.165, 1.54) is 95.8 Å². The number of nitrogens with zero attached hydrogens (tertiary/aromatic N) is 1. The molecule has 0 aromatic heterocycles. The van der Waals surface area contributed by atoms with Crippen molar-refractivity contribution in [3.05, 3.63) is 162 Å². The molecule has 0 spiro atoms. The summed E-state index contributed by atoms with van der Waals surface area (Å²) in [6.45, 7) is 9.08. The number of carbonyl (C=O) groups is 3. The number of carbonyl (C=O) groups excluding carboxylic acids is 2. The summed E-state index contributed by atoms with van der Waals surface area (Å²) in [5, 5.41) is 41.0. The zero-order chi connectivity index (χ0) is 73.3. The molecule has 6 N–H and O–H groups in total. The maximum Gasteiger partial charge on any atom is 1.00 e. The van der Waals surface area contributed by atoms with Gasteiger partial charge in [0.2, 0.25) is 0 Å². The van der Waals surface area contributed by atoms with Gasteiger partial charge in [0.25, 0.3) is 5.79 Å².